The van der Waals surface area contributed by atoms with Gasteiger partial charge in [0.1, 0.15) is 0 Å². The minimum atomic E-state index is 0.419. The topological polar surface area (TPSA) is 56.5 Å². The molecule has 106 valence electrons. The molecule has 0 aliphatic heterocycles. The van der Waals surface area contributed by atoms with Crippen molar-refractivity contribution in [2.24, 2.45) is 0 Å². The van der Waals surface area contributed by atoms with Crippen LogP contribution < -0.4 is 20.5 Å². The highest BCUT2D eigenvalue weighted by Crippen LogP contribution is 2.35. The van der Waals surface area contributed by atoms with E-state index in [1.54, 1.807) is 38.5 Å². The van der Waals surface area contributed by atoms with Gasteiger partial charge in [-0.3, -0.25) is 0 Å². The van der Waals surface area contributed by atoms with E-state index in [0.29, 0.717) is 32.9 Å². The normalized spacial score (nSPS) is 10.2. The predicted molar refractivity (Wildman–Crippen MR) is 83.7 cm³/mol. The summed E-state index contributed by atoms with van der Waals surface area (Å²) in [6, 6.07) is 8.74. The number of nitrogen functional groups attached to an aromatic ring is 1. The van der Waals surface area contributed by atoms with Crippen LogP contribution >= 0.6 is 23.2 Å². The highest BCUT2D eigenvalue weighted by atomic mass is 35.5. The van der Waals surface area contributed by atoms with Crippen molar-refractivity contribution in [1.29, 1.82) is 0 Å². The molecule has 0 aliphatic rings. The number of methoxy groups -OCH3 is 2. The maximum Gasteiger partial charge on any atom is 0.162 e. The molecule has 0 aromatic heterocycles. The average Bonchev–Trinajstić information content (AvgIpc) is 2.44. The quantitative estimate of drug-likeness (QED) is 0.825. The van der Waals surface area contributed by atoms with E-state index < -0.39 is 0 Å². The van der Waals surface area contributed by atoms with Crippen LogP contribution in [-0.4, -0.2) is 14.2 Å². The zero-order chi connectivity index (χ0) is 14.7. The first-order valence-corrected chi connectivity index (χ1v) is 6.54. The Morgan fingerprint density at radius 1 is 0.950 bits per heavy atom. The summed E-state index contributed by atoms with van der Waals surface area (Å²) in [4.78, 5) is 0. The number of ether oxygens (including phenoxy) is 2. The number of nitrogens with one attached hydrogen (secondary N) is 1. The molecule has 0 bridgehead atoms. The largest absolute Gasteiger partial charge is 0.493 e. The third-order valence-corrected chi connectivity index (χ3v) is 3.48. The summed E-state index contributed by atoms with van der Waals surface area (Å²) < 4.78 is 10.4. The van der Waals surface area contributed by atoms with Gasteiger partial charge < -0.3 is 20.5 Å². The molecule has 0 atom stereocenters. The number of nitrogens with two attached hydrogens (primary N) is 1. The van der Waals surface area contributed by atoms with E-state index in [9.17, 15) is 0 Å². The summed E-state index contributed by atoms with van der Waals surface area (Å²) >= 11 is 11.9. The van der Waals surface area contributed by atoms with Gasteiger partial charge in [-0.25, -0.2) is 0 Å². The Balaban J connectivity index is 2.33. The van der Waals surface area contributed by atoms with Crippen molar-refractivity contribution in [3.8, 4) is 11.5 Å². The van der Waals surface area contributed by atoms with Gasteiger partial charge in [0.15, 0.2) is 11.5 Å². The van der Waals surface area contributed by atoms with Gasteiger partial charge in [-0.2, -0.15) is 0 Å². The minimum absolute atomic E-state index is 0.419. The van der Waals surface area contributed by atoms with Crippen LogP contribution in [0.25, 0.3) is 0 Å². The Bertz CT molecular complexity index is 633. The second-order valence-corrected chi connectivity index (χ2v) is 4.86. The highest BCUT2D eigenvalue weighted by Gasteiger charge is 2.08. The number of anilines is 3. The van der Waals surface area contributed by atoms with Crippen molar-refractivity contribution >= 4 is 40.3 Å². The molecule has 0 fully saturated rings. The Kier molecular flexibility index (Phi) is 4.47. The molecule has 0 unspecified atom stereocenters. The van der Waals surface area contributed by atoms with Crippen LogP contribution in [-0.2, 0) is 0 Å². The third-order valence-electron chi connectivity index (χ3n) is 2.75. The zero-order valence-electron chi connectivity index (χ0n) is 11.0. The summed E-state index contributed by atoms with van der Waals surface area (Å²) in [5, 5.41) is 4.02. The molecular weight excluding hydrogens is 299 g/mol. The monoisotopic (exact) mass is 312 g/mol. The number of benzene rings is 2. The summed E-state index contributed by atoms with van der Waals surface area (Å²) in [6.07, 6.45) is 0. The van der Waals surface area contributed by atoms with Crippen LogP contribution in [0.5, 0.6) is 11.5 Å². The van der Waals surface area contributed by atoms with E-state index >= 15 is 0 Å². The van der Waals surface area contributed by atoms with Crippen molar-refractivity contribution in [2.45, 2.75) is 0 Å². The second kappa shape index (κ2) is 6.11. The van der Waals surface area contributed by atoms with Crippen molar-refractivity contribution < 1.29 is 9.47 Å². The molecule has 20 heavy (non-hydrogen) atoms. The zero-order valence-corrected chi connectivity index (χ0v) is 12.5. The van der Waals surface area contributed by atoms with Gasteiger partial charge in [0.2, 0.25) is 0 Å². The summed E-state index contributed by atoms with van der Waals surface area (Å²) in [7, 11) is 3.16. The molecule has 2 aromatic carbocycles. The van der Waals surface area contributed by atoms with E-state index in [-0.39, 0.29) is 0 Å². The Morgan fingerprint density at radius 3 is 2.25 bits per heavy atom. The van der Waals surface area contributed by atoms with Gasteiger partial charge in [-0.05, 0) is 24.3 Å². The average molecular weight is 313 g/mol. The van der Waals surface area contributed by atoms with Crippen LogP contribution in [0.1, 0.15) is 0 Å². The molecule has 2 aromatic rings. The van der Waals surface area contributed by atoms with Gasteiger partial charge in [0.05, 0.1) is 35.6 Å². The fourth-order valence-corrected chi connectivity index (χ4v) is 2.08. The highest BCUT2D eigenvalue weighted by molar-refractivity contribution is 6.42. The van der Waals surface area contributed by atoms with Gasteiger partial charge in [-0.1, -0.05) is 23.2 Å². The Morgan fingerprint density at radius 2 is 1.60 bits per heavy atom. The first-order chi connectivity index (χ1) is 9.55. The van der Waals surface area contributed by atoms with Gasteiger partial charge in [-0.15, -0.1) is 0 Å². The van der Waals surface area contributed by atoms with E-state index in [1.165, 1.54) is 0 Å². The van der Waals surface area contributed by atoms with E-state index in [0.717, 1.165) is 5.69 Å². The Hall–Kier alpha value is -1.78. The number of rotatable bonds is 4. The molecule has 0 spiro atoms. The first-order valence-electron chi connectivity index (χ1n) is 5.78. The lowest BCUT2D eigenvalue weighted by atomic mass is 10.2. The summed E-state index contributed by atoms with van der Waals surface area (Å²) in [5.41, 5.74) is 7.88. The third kappa shape index (κ3) is 3.03. The number of hydrogen-bond acceptors (Lipinski definition) is 4. The molecule has 0 radical (unpaired) electrons. The standard InChI is InChI=1S/C14H14Cl2N2O2/c1-19-13-4-3-8(5-14(13)20-2)18-12-7-10(16)9(15)6-11(12)17/h3-7,18H,17H2,1-2H3. The number of hydrogen-bond donors (Lipinski definition) is 2. The lowest BCUT2D eigenvalue weighted by Gasteiger charge is -2.13. The first kappa shape index (κ1) is 14.6. The summed E-state index contributed by atoms with van der Waals surface area (Å²) in [6.45, 7) is 0. The van der Waals surface area contributed by atoms with E-state index in [1.807, 2.05) is 6.07 Å². The maximum atomic E-state index is 5.99. The maximum absolute atomic E-state index is 5.99. The number of halogens is 2. The summed E-state index contributed by atoms with van der Waals surface area (Å²) in [5.74, 6) is 1.27. The molecule has 6 heteroatoms. The van der Waals surface area contributed by atoms with Gasteiger partial charge >= 0.3 is 0 Å². The second-order valence-electron chi connectivity index (χ2n) is 4.05. The smallest absolute Gasteiger partial charge is 0.162 e. The van der Waals surface area contributed by atoms with Gasteiger partial charge in [0, 0.05) is 11.8 Å². The fourth-order valence-electron chi connectivity index (χ4n) is 1.74. The molecule has 0 saturated heterocycles. The van der Waals surface area contributed by atoms with E-state index in [2.05, 4.69) is 5.32 Å². The molecule has 4 nitrogen and oxygen atoms in total. The van der Waals surface area contributed by atoms with Crippen molar-refractivity contribution in [3.63, 3.8) is 0 Å². The minimum Gasteiger partial charge on any atom is -0.493 e. The molecule has 0 heterocycles. The van der Waals surface area contributed by atoms with Crippen LogP contribution in [0.4, 0.5) is 17.1 Å². The van der Waals surface area contributed by atoms with Crippen LogP contribution in [0.2, 0.25) is 10.0 Å². The molecule has 0 saturated carbocycles. The van der Waals surface area contributed by atoms with Gasteiger partial charge in [0.25, 0.3) is 0 Å². The SMILES string of the molecule is COc1ccc(Nc2cc(Cl)c(Cl)cc2N)cc1OC. The van der Waals surface area contributed by atoms with Crippen molar-refractivity contribution in [1.82, 2.24) is 0 Å². The van der Waals surface area contributed by atoms with Crippen molar-refractivity contribution in [2.75, 3.05) is 25.3 Å². The molecule has 3 N–H and O–H groups in total. The molecule has 2 rings (SSSR count). The van der Waals surface area contributed by atoms with Crippen LogP contribution in [0.15, 0.2) is 30.3 Å². The lowest BCUT2D eigenvalue weighted by Crippen LogP contribution is -1.98. The lowest BCUT2D eigenvalue weighted by molar-refractivity contribution is 0.355. The van der Waals surface area contributed by atoms with Crippen molar-refractivity contribution in [3.05, 3.63) is 40.4 Å². The molecule has 0 aliphatic carbocycles. The Labute approximate surface area is 127 Å². The van der Waals surface area contributed by atoms with Crippen LogP contribution in [0.3, 0.4) is 0 Å². The van der Waals surface area contributed by atoms with Crippen LogP contribution in [0, 0.1) is 0 Å². The van der Waals surface area contributed by atoms with E-state index in [4.69, 9.17) is 38.4 Å². The molecule has 0 amide bonds. The molecular formula is C14H14Cl2N2O2. The predicted octanol–water partition coefficient (Wildman–Crippen LogP) is 4.34. The fraction of sp³-hybridized carbons (Fsp3) is 0.143.